The van der Waals surface area contributed by atoms with Gasteiger partial charge in [0, 0.05) is 6.54 Å². The molecule has 0 aliphatic carbocycles. The molecule has 0 unspecified atom stereocenters. The number of carbonyl (C=O) groups is 1. The second kappa shape index (κ2) is 5.25. The van der Waals surface area contributed by atoms with Gasteiger partial charge in [0.2, 0.25) is 0 Å². The lowest BCUT2D eigenvalue weighted by Crippen LogP contribution is -2.34. The minimum atomic E-state index is -0.200. The Bertz CT molecular complexity index is 474. The van der Waals surface area contributed by atoms with Gasteiger partial charge in [-0.25, -0.2) is 4.79 Å². The summed E-state index contributed by atoms with van der Waals surface area (Å²) in [7, 11) is 0. The zero-order valence-corrected chi connectivity index (χ0v) is 9.53. The van der Waals surface area contributed by atoms with Crippen molar-refractivity contribution in [3.63, 3.8) is 0 Å². The first-order valence-electron chi connectivity index (χ1n) is 5.42. The van der Waals surface area contributed by atoms with Gasteiger partial charge in [0.25, 0.3) is 0 Å². The number of hydrogen-bond donors (Lipinski definition) is 2. The summed E-state index contributed by atoms with van der Waals surface area (Å²) in [4.78, 5) is 11.2. The minimum Gasteiger partial charge on any atom is -0.472 e. The van der Waals surface area contributed by atoms with Crippen LogP contribution in [0.2, 0.25) is 0 Å². The molecule has 0 atom stereocenters. The van der Waals surface area contributed by atoms with E-state index in [0.717, 1.165) is 11.3 Å². The van der Waals surface area contributed by atoms with Crippen molar-refractivity contribution in [3.05, 3.63) is 36.5 Å². The lowest BCUT2D eigenvalue weighted by molar-refractivity contribution is 0.240. The first-order valence-corrected chi connectivity index (χ1v) is 5.42. The molecule has 0 aliphatic rings. The molecule has 5 nitrogen and oxygen atoms in total. The third-order valence-electron chi connectivity index (χ3n) is 2.23. The molecule has 5 heteroatoms. The Morgan fingerprint density at radius 3 is 2.88 bits per heavy atom. The molecule has 0 spiro atoms. The van der Waals surface area contributed by atoms with Gasteiger partial charge in [0.15, 0.2) is 0 Å². The molecule has 0 saturated carbocycles. The lowest BCUT2D eigenvalue weighted by atomic mass is 10.3. The summed E-state index contributed by atoms with van der Waals surface area (Å²) in [5.74, 6) is 1.43. The van der Waals surface area contributed by atoms with Crippen LogP contribution in [-0.4, -0.2) is 12.6 Å². The maximum Gasteiger partial charge on any atom is 0.315 e. The van der Waals surface area contributed by atoms with E-state index in [4.69, 9.17) is 8.83 Å². The van der Waals surface area contributed by atoms with Crippen LogP contribution in [0.1, 0.15) is 12.7 Å². The van der Waals surface area contributed by atoms with Crippen LogP contribution >= 0.6 is 0 Å². The van der Waals surface area contributed by atoms with Crippen molar-refractivity contribution in [2.45, 2.75) is 13.5 Å². The molecule has 90 valence electrons. The van der Waals surface area contributed by atoms with Crippen LogP contribution in [0.4, 0.5) is 4.79 Å². The van der Waals surface area contributed by atoms with Gasteiger partial charge < -0.3 is 19.5 Å². The summed E-state index contributed by atoms with van der Waals surface area (Å²) < 4.78 is 10.5. The summed E-state index contributed by atoms with van der Waals surface area (Å²) >= 11 is 0. The maximum atomic E-state index is 11.2. The van der Waals surface area contributed by atoms with E-state index in [1.54, 1.807) is 12.5 Å². The summed E-state index contributed by atoms with van der Waals surface area (Å²) in [6.45, 7) is 2.83. The van der Waals surface area contributed by atoms with Crippen molar-refractivity contribution in [1.82, 2.24) is 10.6 Å². The van der Waals surface area contributed by atoms with E-state index in [2.05, 4.69) is 10.6 Å². The van der Waals surface area contributed by atoms with E-state index in [9.17, 15) is 4.79 Å². The van der Waals surface area contributed by atoms with Crippen molar-refractivity contribution < 1.29 is 13.6 Å². The molecule has 2 aromatic rings. The highest BCUT2D eigenvalue weighted by molar-refractivity contribution is 5.73. The van der Waals surface area contributed by atoms with Gasteiger partial charge in [-0.05, 0) is 25.1 Å². The Kier molecular flexibility index (Phi) is 3.49. The number of urea groups is 1. The Balaban J connectivity index is 1.93. The minimum absolute atomic E-state index is 0.200. The molecule has 17 heavy (non-hydrogen) atoms. The molecule has 0 aromatic carbocycles. The Labute approximate surface area is 98.8 Å². The second-order valence-electron chi connectivity index (χ2n) is 3.49. The Morgan fingerprint density at radius 1 is 1.29 bits per heavy atom. The van der Waals surface area contributed by atoms with Gasteiger partial charge >= 0.3 is 6.03 Å². The molecule has 0 fully saturated rings. The van der Waals surface area contributed by atoms with Crippen LogP contribution in [0.25, 0.3) is 11.3 Å². The lowest BCUT2D eigenvalue weighted by Gasteiger charge is -2.03. The predicted molar refractivity (Wildman–Crippen MR) is 62.3 cm³/mol. The fourth-order valence-corrected chi connectivity index (χ4v) is 1.42. The molecule has 2 amide bonds. The van der Waals surface area contributed by atoms with Gasteiger partial charge in [-0.15, -0.1) is 0 Å². The molecule has 2 aromatic heterocycles. The molecule has 2 heterocycles. The van der Waals surface area contributed by atoms with Crippen LogP contribution in [0, 0.1) is 0 Å². The molecule has 0 aliphatic heterocycles. The van der Waals surface area contributed by atoms with Crippen LogP contribution in [0.3, 0.4) is 0 Å². The zero-order valence-electron chi connectivity index (χ0n) is 9.53. The summed E-state index contributed by atoms with van der Waals surface area (Å²) in [6, 6.07) is 5.29. The first kappa shape index (κ1) is 11.3. The SMILES string of the molecule is CCNC(=O)NCc1ccc(-c2ccoc2)o1. The predicted octanol–water partition coefficient (Wildman–Crippen LogP) is 2.36. The number of amides is 2. The summed E-state index contributed by atoms with van der Waals surface area (Å²) in [6.07, 6.45) is 3.20. The maximum absolute atomic E-state index is 11.2. The molecule has 0 bridgehead atoms. The average Bonchev–Trinajstić information content (AvgIpc) is 2.97. The Morgan fingerprint density at radius 2 is 2.18 bits per heavy atom. The fourth-order valence-electron chi connectivity index (χ4n) is 1.42. The van der Waals surface area contributed by atoms with E-state index in [1.165, 1.54) is 0 Å². The summed E-state index contributed by atoms with van der Waals surface area (Å²) in [5.41, 5.74) is 0.884. The van der Waals surface area contributed by atoms with Crippen LogP contribution in [0.5, 0.6) is 0 Å². The topological polar surface area (TPSA) is 67.4 Å². The fraction of sp³-hybridized carbons (Fsp3) is 0.250. The number of nitrogens with one attached hydrogen (secondary N) is 2. The third-order valence-corrected chi connectivity index (χ3v) is 2.23. The monoisotopic (exact) mass is 234 g/mol. The largest absolute Gasteiger partial charge is 0.472 e. The van der Waals surface area contributed by atoms with E-state index in [1.807, 2.05) is 25.1 Å². The standard InChI is InChI=1S/C12H14N2O3/c1-2-13-12(15)14-7-10-3-4-11(17-10)9-5-6-16-8-9/h3-6,8H,2,7H2,1H3,(H2,13,14,15). The average molecular weight is 234 g/mol. The van der Waals surface area contributed by atoms with Crippen molar-refractivity contribution >= 4 is 6.03 Å². The molecular weight excluding hydrogens is 220 g/mol. The highest BCUT2D eigenvalue weighted by Gasteiger charge is 2.06. The number of carbonyl (C=O) groups excluding carboxylic acids is 1. The summed E-state index contributed by atoms with van der Waals surface area (Å²) in [5, 5.41) is 5.33. The van der Waals surface area contributed by atoms with Crippen molar-refractivity contribution in [3.8, 4) is 11.3 Å². The molecule has 0 saturated heterocycles. The van der Waals surface area contributed by atoms with Crippen LogP contribution in [-0.2, 0) is 6.54 Å². The molecular formula is C12H14N2O3. The van der Waals surface area contributed by atoms with Gasteiger partial charge in [-0.3, -0.25) is 0 Å². The normalized spacial score (nSPS) is 10.2. The van der Waals surface area contributed by atoms with Gasteiger partial charge in [0.05, 0.1) is 18.4 Å². The Hall–Kier alpha value is -2.17. The number of rotatable bonds is 4. The highest BCUT2D eigenvalue weighted by Crippen LogP contribution is 2.22. The smallest absolute Gasteiger partial charge is 0.315 e. The van der Waals surface area contributed by atoms with Crippen molar-refractivity contribution in [2.75, 3.05) is 6.54 Å². The van der Waals surface area contributed by atoms with Crippen molar-refractivity contribution in [1.29, 1.82) is 0 Å². The van der Waals surface area contributed by atoms with Gasteiger partial charge in [-0.2, -0.15) is 0 Å². The van der Waals surface area contributed by atoms with E-state index >= 15 is 0 Å². The quantitative estimate of drug-likeness (QED) is 0.853. The first-order chi connectivity index (χ1) is 8.29. The number of furan rings is 2. The van der Waals surface area contributed by atoms with Gasteiger partial charge in [-0.1, -0.05) is 0 Å². The molecule has 0 radical (unpaired) electrons. The van der Waals surface area contributed by atoms with Gasteiger partial charge in [0.1, 0.15) is 17.8 Å². The second-order valence-corrected chi connectivity index (χ2v) is 3.49. The van der Waals surface area contributed by atoms with E-state index < -0.39 is 0 Å². The molecule has 2 N–H and O–H groups in total. The third kappa shape index (κ3) is 2.90. The molecule has 2 rings (SSSR count). The van der Waals surface area contributed by atoms with E-state index in [-0.39, 0.29) is 6.03 Å². The van der Waals surface area contributed by atoms with Crippen molar-refractivity contribution in [2.24, 2.45) is 0 Å². The number of hydrogen-bond acceptors (Lipinski definition) is 3. The van der Waals surface area contributed by atoms with E-state index in [0.29, 0.717) is 18.8 Å². The zero-order chi connectivity index (χ0) is 12.1. The van der Waals surface area contributed by atoms with Crippen LogP contribution in [0.15, 0.2) is 39.6 Å². The van der Waals surface area contributed by atoms with Crippen LogP contribution < -0.4 is 10.6 Å². The highest BCUT2D eigenvalue weighted by atomic mass is 16.3.